The third kappa shape index (κ3) is 4.37. The third-order valence-electron chi connectivity index (χ3n) is 6.34. The summed E-state index contributed by atoms with van der Waals surface area (Å²) in [5.74, 6) is 2.43. The van der Waals surface area contributed by atoms with E-state index in [9.17, 15) is 4.79 Å². The fraction of sp³-hybridized carbons (Fsp3) is 0.346. The van der Waals surface area contributed by atoms with Crippen molar-refractivity contribution in [2.24, 2.45) is 12.5 Å². The van der Waals surface area contributed by atoms with Crippen LogP contribution in [-0.4, -0.2) is 20.4 Å². The molecule has 1 aliphatic rings. The molecule has 8 heteroatoms. The number of anilines is 3. The maximum absolute atomic E-state index is 11.3. The number of carbonyl (C=O) groups excluding carboxylic acids is 1. The Hall–Kier alpha value is -3.39. The van der Waals surface area contributed by atoms with Gasteiger partial charge in [0.25, 0.3) is 0 Å². The number of pyridine rings is 1. The van der Waals surface area contributed by atoms with Crippen LogP contribution in [0.25, 0.3) is 11.0 Å². The minimum Gasteiger partial charge on any atom is -0.457 e. The first-order chi connectivity index (χ1) is 16.2. The normalized spacial score (nSPS) is 14.6. The zero-order valence-corrected chi connectivity index (χ0v) is 21.0. The van der Waals surface area contributed by atoms with E-state index >= 15 is 0 Å². The minimum absolute atomic E-state index is 0.174. The van der Waals surface area contributed by atoms with E-state index in [0.29, 0.717) is 17.0 Å². The van der Waals surface area contributed by atoms with Crippen LogP contribution in [0.15, 0.2) is 36.5 Å². The van der Waals surface area contributed by atoms with Gasteiger partial charge in [-0.2, -0.15) is 0 Å². The summed E-state index contributed by atoms with van der Waals surface area (Å²) >= 11 is 1.84. The Kier molecular flexibility index (Phi) is 5.56. The fourth-order valence-electron chi connectivity index (χ4n) is 4.54. The molecule has 0 spiro atoms. The summed E-state index contributed by atoms with van der Waals surface area (Å²) in [6.07, 6.45) is 5.12. The van der Waals surface area contributed by atoms with Gasteiger partial charge in [-0.1, -0.05) is 13.8 Å². The molecule has 0 radical (unpaired) electrons. The van der Waals surface area contributed by atoms with Crippen LogP contribution in [0.4, 0.5) is 16.8 Å². The first kappa shape index (κ1) is 22.4. The van der Waals surface area contributed by atoms with Crippen LogP contribution >= 0.6 is 11.3 Å². The monoisotopic (exact) mass is 475 g/mol. The summed E-state index contributed by atoms with van der Waals surface area (Å²) in [5.41, 5.74) is 4.75. The van der Waals surface area contributed by atoms with Crippen molar-refractivity contribution < 1.29 is 9.53 Å². The molecule has 0 saturated heterocycles. The third-order valence-corrected chi connectivity index (χ3v) is 7.44. The number of ether oxygens (including phenoxy) is 1. The van der Waals surface area contributed by atoms with Crippen molar-refractivity contribution in [2.45, 2.75) is 47.0 Å². The first-order valence-corrected chi connectivity index (χ1v) is 12.3. The van der Waals surface area contributed by atoms with Crippen molar-refractivity contribution in [1.82, 2.24) is 14.5 Å². The summed E-state index contributed by atoms with van der Waals surface area (Å²) in [6.45, 7) is 8.19. The summed E-state index contributed by atoms with van der Waals surface area (Å²) in [4.78, 5) is 21.8. The van der Waals surface area contributed by atoms with Gasteiger partial charge >= 0.3 is 0 Å². The molecule has 4 aromatic rings. The highest BCUT2D eigenvalue weighted by molar-refractivity contribution is 7.16. The van der Waals surface area contributed by atoms with Gasteiger partial charge < -0.3 is 19.9 Å². The van der Waals surface area contributed by atoms with Crippen LogP contribution < -0.4 is 15.4 Å². The lowest BCUT2D eigenvalue weighted by Gasteiger charge is -2.28. The Balaban J connectivity index is 1.42. The quantitative estimate of drug-likeness (QED) is 0.352. The van der Waals surface area contributed by atoms with Crippen molar-refractivity contribution in [3.8, 4) is 11.5 Å². The SMILES string of the molecule is CC(=O)Nc1cc(Oc2ccc3nc(Nc4cc5c(s4)CC(C)(C)CC5)n(C)c3c2C)ccn1. The number of nitrogens with zero attached hydrogens (tertiary/aromatic N) is 3. The predicted octanol–water partition coefficient (Wildman–Crippen LogP) is 6.35. The molecule has 1 amide bonds. The van der Waals surface area contributed by atoms with E-state index in [0.717, 1.165) is 46.1 Å². The number of aryl methyl sites for hydroxylation is 3. The van der Waals surface area contributed by atoms with E-state index in [1.165, 1.54) is 23.8 Å². The zero-order chi connectivity index (χ0) is 24.0. The van der Waals surface area contributed by atoms with E-state index in [1.54, 1.807) is 18.3 Å². The molecule has 0 aliphatic heterocycles. The number of fused-ring (bicyclic) bond motifs is 2. The molecule has 1 aliphatic carbocycles. The lowest BCUT2D eigenvalue weighted by atomic mass is 9.78. The number of hydrogen-bond donors (Lipinski definition) is 2. The molecule has 3 aromatic heterocycles. The molecular formula is C26H29N5O2S. The molecule has 0 bridgehead atoms. The van der Waals surface area contributed by atoms with E-state index in [1.807, 2.05) is 37.4 Å². The number of hydrogen-bond acceptors (Lipinski definition) is 6. The molecule has 0 saturated carbocycles. The predicted molar refractivity (Wildman–Crippen MR) is 137 cm³/mol. The number of rotatable bonds is 5. The smallest absolute Gasteiger partial charge is 0.222 e. The second kappa shape index (κ2) is 8.43. The number of nitrogens with one attached hydrogen (secondary N) is 2. The van der Waals surface area contributed by atoms with Gasteiger partial charge in [0.1, 0.15) is 17.3 Å². The van der Waals surface area contributed by atoms with Crippen molar-refractivity contribution in [3.63, 3.8) is 0 Å². The Bertz CT molecular complexity index is 1400. The topological polar surface area (TPSA) is 81.1 Å². The number of imidazole rings is 1. The maximum Gasteiger partial charge on any atom is 0.222 e. The summed E-state index contributed by atoms with van der Waals surface area (Å²) in [6, 6.07) is 9.66. The Labute approximate surface area is 203 Å². The van der Waals surface area contributed by atoms with Gasteiger partial charge in [-0.3, -0.25) is 4.79 Å². The summed E-state index contributed by atoms with van der Waals surface area (Å²) < 4.78 is 8.22. The Morgan fingerprint density at radius 1 is 1.24 bits per heavy atom. The van der Waals surface area contributed by atoms with Crippen LogP contribution in [-0.2, 0) is 24.7 Å². The zero-order valence-electron chi connectivity index (χ0n) is 20.2. The van der Waals surface area contributed by atoms with Crippen molar-refractivity contribution in [2.75, 3.05) is 10.6 Å². The number of aromatic nitrogens is 3. The highest BCUT2D eigenvalue weighted by Gasteiger charge is 2.27. The first-order valence-electron chi connectivity index (χ1n) is 11.4. The second-order valence-electron chi connectivity index (χ2n) is 9.74. The molecule has 7 nitrogen and oxygen atoms in total. The molecular weight excluding hydrogens is 446 g/mol. The molecule has 2 N–H and O–H groups in total. The minimum atomic E-state index is -0.174. The molecule has 0 atom stereocenters. The van der Waals surface area contributed by atoms with Crippen molar-refractivity contribution >= 4 is 45.0 Å². The maximum atomic E-state index is 11.3. The molecule has 34 heavy (non-hydrogen) atoms. The van der Waals surface area contributed by atoms with Crippen molar-refractivity contribution in [3.05, 3.63) is 52.5 Å². The van der Waals surface area contributed by atoms with Crippen LogP contribution in [0, 0.1) is 12.3 Å². The molecule has 0 unspecified atom stereocenters. The van der Waals surface area contributed by atoms with Crippen LogP contribution in [0.2, 0.25) is 0 Å². The Morgan fingerprint density at radius 3 is 2.85 bits per heavy atom. The largest absolute Gasteiger partial charge is 0.457 e. The summed E-state index contributed by atoms with van der Waals surface area (Å²) in [7, 11) is 2.02. The fourth-order valence-corrected chi connectivity index (χ4v) is 5.91. The number of benzene rings is 1. The number of thiophene rings is 1. The van der Waals surface area contributed by atoms with Crippen LogP contribution in [0.3, 0.4) is 0 Å². The molecule has 0 fully saturated rings. The molecule has 1 aromatic carbocycles. The number of carbonyl (C=O) groups is 1. The highest BCUT2D eigenvalue weighted by atomic mass is 32.1. The van der Waals surface area contributed by atoms with E-state index in [-0.39, 0.29) is 5.91 Å². The molecule has 3 heterocycles. The van der Waals surface area contributed by atoms with Crippen LogP contribution in [0.5, 0.6) is 11.5 Å². The van der Waals surface area contributed by atoms with Crippen LogP contribution in [0.1, 0.15) is 43.2 Å². The summed E-state index contributed by atoms with van der Waals surface area (Å²) in [5, 5.41) is 7.37. The second-order valence-corrected chi connectivity index (χ2v) is 10.9. The van der Waals surface area contributed by atoms with Gasteiger partial charge in [-0.15, -0.1) is 11.3 Å². The van der Waals surface area contributed by atoms with E-state index < -0.39 is 0 Å². The van der Waals surface area contributed by atoms with Gasteiger partial charge in [0.2, 0.25) is 11.9 Å². The lowest BCUT2D eigenvalue weighted by molar-refractivity contribution is -0.114. The van der Waals surface area contributed by atoms with Gasteiger partial charge in [0.05, 0.1) is 16.0 Å². The lowest BCUT2D eigenvalue weighted by Crippen LogP contribution is -2.20. The van der Waals surface area contributed by atoms with Gasteiger partial charge in [-0.25, -0.2) is 9.97 Å². The van der Waals surface area contributed by atoms with E-state index in [2.05, 4.69) is 40.1 Å². The van der Waals surface area contributed by atoms with Gasteiger partial charge in [-0.05, 0) is 61.4 Å². The molecule has 176 valence electrons. The van der Waals surface area contributed by atoms with E-state index in [4.69, 9.17) is 9.72 Å². The number of amides is 1. The standard InChI is InChI=1S/C26H29N5O2S/c1-15-20(33-18-9-11-27-22(13-18)28-16(2)32)7-6-19-24(15)31(5)25(29-19)30-23-12-17-8-10-26(3,4)14-21(17)34-23/h6-7,9,11-13H,8,10,14H2,1-5H3,(H,29,30)(H,27,28,32). The average Bonchev–Trinajstić information content (AvgIpc) is 3.29. The highest BCUT2D eigenvalue weighted by Crippen LogP contribution is 2.41. The van der Waals surface area contributed by atoms with Gasteiger partial charge in [0.15, 0.2) is 0 Å². The van der Waals surface area contributed by atoms with Gasteiger partial charge in [0, 0.05) is 36.7 Å². The molecule has 5 rings (SSSR count). The Morgan fingerprint density at radius 2 is 2.06 bits per heavy atom. The average molecular weight is 476 g/mol. The van der Waals surface area contributed by atoms with Crippen molar-refractivity contribution in [1.29, 1.82) is 0 Å².